The fraction of sp³-hybridized carbons (Fsp3) is 0.625. The van der Waals surface area contributed by atoms with Gasteiger partial charge in [0.15, 0.2) is 0 Å². The predicted octanol–water partition coefficient (Wildman–Crippen LogP) is 1.98. The first-order chi connectivity index (χ1) is 9.13. The van der Waals surface area contributed by atoms with Gasteiger partial charge in [-0.2, -0.15) is 0 Å². The van der Waals surface area contributed by atoms with Crippen molar-refractivity contribution in [3.8, 4) is 0 Å². The lowest BCUT2D eigenvalue weighted by atomic mass is 10.1. The van der Waals surface area contributed by atoms with E-state index in [1.54, 1.807) is 0 Å². The molecule has 2 aliphatic rings. The van der Waals surface area contributed by atoms with E-state index in [1.165, 1.54) is 37.1 Å². The van der Waals surface area contributed by atoms with Crippen LogP contribution in [0, 0.1) is 0 Å². The summed E-state index contributed by atoms with van der Waals surface area (Å²) in [6, 6.07) is 10.5. The standard InChI is InChI=1S/C16H25N3/c1-12(17)14-5-3-13(4-6-14)9-19-10-15-7-8-16(11-19)18(15)2/h3-6,12,15-16H,7-11,17H2,1-2H3/t12-,15?,16?/m0/s1. The molecule has 0 aliphatic carbocycles. The maximum atomic E-state index is 5.89. The summed E-state index contributed by atoms with van der Waals surface area (Å²) in [6.45, 7) is 5.57. The Morgan fingerprint density at radius 3 is 2.26 bits per heavy atom. The van der Waals surface area contributed by atoms with Crippen molar-refractivity contribution in [1.29, 1.82) is 0 Å². The first-order valence-electron chi connectivity index (χ1n) is 7.42. The number of rotatable bonds is 3. The van der Waals surface area contributed by atoms with Crippen LogP contribution >= 0.6 is 0 Å². The normalized spacial score (nSPS) is 29.6. The zero-order valence-electron chi connectivity index (χ0n) is 12.0. The molecule has 0 spiro atoms. The second kappa shape index (κ2) is 5.23. The number of piperazine rings is 1. The number of hydrogen-bond acceptors (Lipinski definition) is 3. The minimum Gasteiger partial charge on any atom is -0.324 e. The van der Waals surface area contributed by atoms with E-state index in [1.807, 2.05) is 6.92 Å². The van der Waals surface area contributed by atoms with Crippen molar-refractivity contribution in [2.75, 3.05) is 20.1 Å². The van der Waals surface area contributed by atoms with Gasteiger partial charge in [-0.3, -0.25) is 9.80 Å². The Morgan fingerprint density at radius 2 is 1.74 bits per heavy atom. The van der Waals surface area contributed by atoms with E-state index in [9.17, 15) is 0 Å². The van der Waals surface area contributed by atoms with Crippen LogP contribution in [0.3, 0.4) is 0 Å². The van der Waals surface area contributed by atoms with Crippen molar-refractivity contribution < 1.29 is 0 Å². The molecule has 3 rings (SSSR count). The second-order valence-electron chi connectivity index (χ2n) is 6.27. The van der Waals surface area contributed by atoms with E-state index < -0.39 is 0 Å². The van der Waals surface area contributed by atoms with Crippen LogP contribution in [0.15, 0.2) is 24.3 Å². The number of nitrogens with two attached hydrogens (primary N) is 1. The molecule has 2 N–H and O–H groups in total. The predicted molar refractivity (Wildman–Crippen MR) is 78.9 cm³/mol. The molecule has 3 heteroatoms. The number of likely N-dealkylation sites (tertiary alicyclic amines) is 1. The van der Waals surface area contributed by atoms with Gasteiger partial charge in [0.05, 0.1) is 0 Å². The van der Waals surface area contributed by atoms with Crippen LogP contribution in [0.4, 0.5) is 0 Å². The van der Waals surface area contributed by atoms with Gasteiger partial charge in [0.25, 0.3) is 0 Å². The maximum Gasteiger partial charge on any atom is 0.0266 e. The average Bonchev–Trinajstić information content (AvgIpc) is 2.63. The topological polar surface area (TPSA) is 32.5 Å². The smallest absolute Gasteiger partial charge is 0.0266 e. The van der Waals surface area contributed by atoms with Crippen LogP contribution in [0.5, 0.6) is 0 Å². The molecule has 0 aromatic heterocycles. The van der Waals surface area contributed by atoms with Crippen LogP contribution in [-0.4, -0.2) is 42.0 Å². The molecule has 1 aromatic rings. The first kappa shape index (κ1) is 13.1. The monoisotopic (exact) mass is 259 g/mol. The lowest BCUT2D eigenvalue weighted by Crippen LogP contribution is -2.51. The molecule has 2 saturated heterocycles. The Labute approximate surface area is 116 Å². The van der Waals surface area contributed by atoms with Crippen LogP contribution in [0.1, 0.15) is 36.9 Å². The van der Waals surface area contributed by atoms with Gasteiger partial charge in [-0.15, -0.1) is 0 Å². The quantitative estimate of drug-likeness (QED) is 0.901. The average molecular weight is 259 g/mol. The van der Waals surface area contributed by atoms with Crippen LogP contribution in [0.2, 0.25) is 0 Å². The summed E-state index contributed by atoms with van der Waals surface area (Å²) in [5.41, 5.74) is 8.53. The third-order valence-electron chi connectivity index (χ3n) is 4.83. The summed E-state index contributed by atoms with van der Waals surface area (Å²) in [5.74, 6) is 0. The van der Waals surface area contributed by atoms with Gasteiger partial charge in [-0.25, -0.2) is 0 Å². The van der Waals surface area contributed by atoms with E-state index in [4.69, 9.17) is 5.73 Å². The summed E-state index contributed by atoms with van der Waals surface area (Å²) in [5, 5.41) is 0. The molecule has 1 aromatic carbocycles. The molecular weight excluding hydrogens is 234 g/mol. The van der Waals surface area contributed by atoms with Gasteiger partial charge in [-0.1, -0.05) is 24.3 Å². The molecule has 0 amide bonds. The van der Waals surface area contributed by atoms with Gasteiger partial charge in [0, 0.05) is 37.8 Å². The third-order valence-corrected chi connectivity index (χ3v) is 4.83. The van der Waals surface area contributed by atoms with E-state index in [-0.39, 0.29) is 6.04 Å². The van der Waals surface area contributed by atoms with Gasteiger partial charge >= 0.3 is 0 Å². The maximum absolute atomic E-state index is 5.89. The van der Waals surface area contributed by atoms with Crippen molar-refractivity contribution in [1.82, 2.24) is 9.80 Å². The lowest BCUT2D eigenvalue weighted by molar-refractivity contribution is 0.0837. The Bertz CT molecular complexity index is 412. The van der Waals surface area contributed by atoms with Crippen molar-refractivity contribution in [2.45, 2.75) is 44.4 Å². The molecule has 2 bridgehead atoms. The summed E-state index contributed by atoms with van der Waals surface area (Å²) >= 11 is 0. The van der Waals surface area contributed by atoms with Crippen molar-refractivity contribution in [3.63, 3.8) is 0 Å². The summed E-state index contributed by atoms with van der Waals surface area (Å²) < 4.78 is 0. The van der Waals surface area contributed by atoms with Crippen LogP contribution < -0.4 is 5.73 Å². The van der Waals surface area contributed by atoms with Gasteiger partial charge in [0.1, 0.15) is 0 Å². The molecule has 104 valence electrons. The Hall–Kier alpha value is -0.900. The van der Waals surface area contributed by atoms with Gasteiger partial charge in [-0.05, 0) is 37.9 Å². The zero-order valence-corrected chi connectivity index (χ0v) is 12.0. The highest BCUT2D eigenvalue weighted by Gasteiger charge is 2.37. The highest BCUT2D eigenvalue weighted by molar-refractivity contribution is 5.24. The first-order valence-corrected chi connectivity index (χ1v) is 7.42. The van der Waals surface area contributed by atoms with Crippen LogP contribution in [-0.2, 0) is 6.54 Å². The molecule has 2 unspecified atom stereocenters. The Morgan fingerprint density at radius 1 is 1.16 bits per heavy atom. The Kier molecular flexibility index (Phi) is 3.61. The van der Waals surface area contributed by atoms with Crippen molar-refractivity contribution in [2.24, 2.45) is 5.73 Å². The molecule has 3 nitrogen and oxygen atoms in total. The van der Waals surface area contributed by atoms with E-state index >= 15 is 0 Å². The molecule has 19 heavy (non-hydrogen) atoms. The zero-order chi connectivity index (χ0) is 13.4. The van der Waals surface area contributed by atoms with Gasteiger partial charge in [0.2, 0.25) is 0 Å². The minimum absolute atomic E-state index is 0.133. The number of nitrogens with zero attached hydrogens (tertiary/aromatic N) is 2. The number of likely N-dealkylation sites (N-methyl/N-ethyl adjacent to an activating group) is 1. The fourth-order valence-corrected chi connectivity index (χ4v) is 3.51. The SMILES string of the molecule is C[C@H](N)c1ccc(CN2CC3CCC(C2)N3C)cc1. The van der Waals surface area contributed by atoms with E-state index in [2.05, 4.69) is 41.1 Å². The van der Waals surface area contributed by atoms with Gasteiger partial charge < -0.3 is 5.73 Å². The highest BCUT2D eigenvalue weighted by atomic mass is 15.3. The summed E-state index contributed by atoms with van der Waals surface area (Å²) in [4.78, 5) is 5.19. The third kappa shape index (κ3) is 2.69. The molecular formula is C16H25N3. The van der Waals surface area contributed by atoms with E-state index in [0.717, 1.165) is 18.6 Å². The molecule has 0 radical (unpaired) electrons. The summed E-state index contributed by atoms with van der Waals surface area (Å²) in [6.07, 6.45) is 2.75. The number of benzene rings is 1. The fourth-order valence-electron chi connectivity index (χ4n) is 3.51. The largest absolute Gasteiger partial charge is 0.324 e. The highest BCUT2D eigenvalue weighted by Crippen LogP contribution is 2.29. The Balaban J connectivity index is 1.63. The molecule has 3 atom stereocenters. The molecule has 2 heterocycles. The van der Waals surface area contributed by atoms with E-state index in [0.29, 0.717) is 0 Å². The summed E-state index contributed by atoms with van der Waals surface area (Å²) in [7, 11) is 2.29. The minimum atomic E-state index is 0.133. The van der Waals surface area contributed by atoms with Crippen molar-refractivity contribution in [3.05, 3.63) is 35.4 Å². The van der Waals surface area contributed by atoms with Crippen LogP contribution in [0.25, 0.3) is 0 Å². The number of hydrogen-bond donors (Lipinski definition) is 1. The number of fused-ring (bicyclic) bond motifs is 2. The molecule has 0 saturated carbocycles. The molecule has 2 aliphatic heterocycles. The lowest BCUT2D eigenvalue weighted by Gasteiger charge is -2.38. The molecule has 2 fully saturated rings. The van der Waals surface area contributed by atoms with Crippen molar-refractivity contribution >= 4 is 0 Å². The second-order valence-corrected chi connectivity index (χ2v) is 6.27.